The summed E-state index contributed by atoms with van der Waals surface area (Å²) in [6.07, 6.45) is 2.42. The normalized spacial score (nSPS) is 12.8. The van der Waals surface area contributed by atoms with Gasteiger partial charge in [0.15, 0.2) is 0 Å². The fraction of sp³-hybridized carbons (Fsp3) is 0.455. The number of benzene rings is 1. The van der Waals surface area contributed by atoms with Crippen molar-refractivity contribution in [2.75, 3.05) is 0 Å². The molecule has 1 rings (SSSR count). The van der Waals surface area contributed by atoms with Crippen LogP contribution in [0.5, 0.6) is 0 Å². The average molecular weight is 212 g/mol. The SMILES string of the molecule is CCC[C@@H](C)c1ccc(SOO)cc1. The molecule has 0 fully saturated rings. The molecule has 0 spiro atoms. The fourth-order valence-electron chi connectivity index (χ4n) is 1.49. The Hall–Kier alpha value is -0.510. The molecule has 0 aliphatic carbocycles. The summed E-state index contributed by atoms with van der Waals surface area (Å²) in [5.41, 5.74) is 1.34. The lowest BCUT2D eigenvalue weighted by molar-refractivity contribution is -0.116. The molecule has 0 saturated carbocycles. The van der Waals surface area contributed by atoms with Gasteiger partial charge in [-0.1, -0.05) is 32.4 Å². The first-order chi connectivity index (χ1) is 6.77. The van der Waals surface area contributed by atoms with E-state index in [0.717, 1.165) is 16.9 Å². The third-order valence-electron chi connectivity index (χ3n) is 2.30. The zero-order valence-electron chi connectivity index (χ0n) is 8.56. The highest BCUT2D eigenvalue weighted by atomic mass is 32.2. The molecule has 1 N–H and O–H groups in total. The molecular formula is C11H16O2S. The van der Waals surface area contributed by atoms with Crippen molar-refractivity contribution in [2.24, 2.45) is 0 Å². The van der Waals surface area contributed by atoms with Gasteiger partial charge in [0.05, 0.1) is 12.0 Å². The van der Waals surface area contributed by atoms with Gasteiger partial charge in [0.1, 0.15) is 0 Å². The molecular weight excluding hydrogens is 196 g/mol. The molecule has 1 aromatic rings. The smallest absolute Gasteiger partial charge is 0.0679 e. The highest BCUT2D eigenvalue weighted by Crippen LogP contribution is 2.24. The maximum atomic E-state index is 8.25. The first-order valence-electron chi connectivity index (χ1n) is 4.86. The standard InChI is InChI=1S/C11H16O2S/c1-3-4-9(2)10-5-7-11(8-6-10)14-13-12/h5-9,12H,3-4H2,1-2H3/t9-/m1/s1. The zero-order chi connectivity index (χ0) is 10.4. The Bertz CT molecular complexity index is 258. The Morgan fingerprint density at radius 3 is 2.50 bits per heavy atom. The molecule has 0 bridgehead atoms. The van der Waals surface area contributed by atoms with Gasteiger partial charge in [-0.15, -0.1) is 0 Å². The molecule has 0 radical (unpaired) electrons. The van der Waals surface area contributed by atoms with E-state index >= 15 is 0 Å². The minimum absolute atomic E-state index is 0.606. The summed E-state index contributed by atoms with van der Waals surface area (Å²) in [6.45, 7) is 4.43. The maximum Gasteiger partial charge on any atom is 0.0679 e. The van der Waals surface area contributed by atoms with E-state index in [4.69, 9.17) is 5.26 Å². The van der Waals surface area contributed by atoms with Crippen LogP contribution in [0.4, 0.5) is 0 Å². The van der Waals surface area contributed by atoms with Crippen molar-refractivity contribution < 1.29 is 9.59 Å². The van der Waals surface area contributed by atoms with Crippen LogP contribution in [0.15, 0.2) is 29.2 Å². The minimum Gasteiger partial charge on any atom is -0.239 e. The number of hydrogen-bond acceptors (Lipinski definition) is 3. The molecule has 0 aromatic heterocycles. The van der Waals surface area contributed by atoms with Crippen LogP contribution >= 0.6 is 12.0 Å². The van der Waals surface area contributed by atoms with Crippen LogP contribution in [0.2, 0.25) is 0 Å². The largest absolute Gasteiger partial charge is 0.239 e. The van der Waals surface area contributed by atoms with Crippen LogP contribution in [0.25, 0.3) is 0 Å². The summed E-state index contributed by atoms with van der Waals surface area (Å²) < 4.78 is 3.99. The molecule has 0 heterocycles. The van der Waals surface area contributed by atoms with E-state index in [-0.39, 0.29) is 0 Å². The molecule has 0 saturated heterocycles. The van der Waals surface area contributed by atoms with Gasteiger partial charge in [0, 0.05) is 4.90 Å². The lowest BCUT2D eigenvalue weighted by Crippen LogP contribution is -1.92. The van der Waals surface area contributed by atoms with Crippen molar-refractivity contribution in [3.05, 3.63) is 29.8 Å². The number of rotatable bonds is 5. The summed E-state index contributed by atoms with van der Waals surface area (Å²) in [7, 11) is 0. The van der Waals surface area contributed by atoms with Gasteiger partial charge in [-0.2, -0.15) is 4.33 Å². The predicted octanol–water partition coefficient (Wildman–Crippen LogP) is 4.09. The molecule has 1 aromatic carbocycles. The van der Waals surface area contributed by atoms with Crippen molar-refractivity contribution in [1.82, 2.24) is 0 Å². The molecule has 2 nitrogen and oxygen atoms in total. The van der Waals surface area contributed by atoms with E-state index in [1.807, 2.05) is 12.1 Å². The van der Waals surface area contributed by atoms with Crippen LogP contribution in [0, 0.1) is 0 Å². The van der Waals surface area contributed by atoms with Gasteiger partial charge in [-0.3, -0.25) is 0 Å². The molecule has 14 heavy (non-hydrogen) atoms. The van der Waals surface area contributed by atoms with Gasteiger partial charge in [0.25, 0.3) is 0 Å². The summed E-state index contributed by atoms with van der Waals surface area (Å²) in [5.74, 6) is 0.606. The van der Waals surface area contributed by atoms with Crippen LogP contribution in [-0.4, -0.2) is 5.26 Å². The summed E-state index contributed by atoms with van der Waals surface area (Å²) in [5, 5.41) is 8.25. The third kappa shape index (κ3) is 3.33. The van der Waals surface area contributed by atoms with Gasteiger partial charge in [-0.05, 0) is 30.0 Å². The molecule has 0 aliphatic rings. The Morgan fingerprint density at radius 2 is 2.00 bits per heavy atom. The van der Waals surface area contributed by atoms with Gasteiger partial charge in [0.2, 0.25) is 0 Å². The second-order valence-corrected chi connectivity index (χ2v) is 4.20. The molecule has 3 heteroatoms. The fourth-order valence-corrected chi connectivity index (χ4v) is 1.83. The predicted molar refractivity (Wildman–Crippen MR) is 59.3 cm³/mol. The second-order valence-electron chi connectivity index (χ2n) is 3.42. The van der Waals surface area contributed by atoms with E-state index in [1.165, 1.54) is 18.4 Å². The van der Waals surface area contributed by atoms with Crippen molar-refractivity contribution in [2.45, 2.75) is 37.5 Å². The third-order valence-corrected chi connectivity index (χ3v) is 2.84. The van der Waals surface area contributed by atoms with Crippen molar-refractivity contribution >= 4 is 12.0 Å². The van der Waals surface area contributed by atoms with Crippen LogP contribution in [0.3, 0.4) is 0 Å². The lowest BCUT2D eigenvalue weighted by atomic mass is 9.97. The monoisotopic (exact) mass is 212 g/mol. The van der Waals surface area contributed by atoms with E-state index in [1.54, 1.807) is 0 Å². The van der Waals surface area contributed by atoms with Crippen LogP contribution in [0.1, 0.15) is 38.2 Å². The summed E-state index contributed by atoms with van der Waals surface area (Å²) >= 11 is 0.965. The highest BCUT2D eigenvalue weighted by Gasteiger charge is 2.03. The van der Waals surface area contributed by atoms with Crippen LogP contribution < -0.4 is 0 Å². The lowest BCUT2D eigenvalue weighted by Gasteiger charge is -2.10. The Labute approximate surface area is 89.4 Å². The van der Waals surface area contributed by atoms with E-state index in [2.05, 4.69) is 30.3 Å². The van der Waals surface area contributed by atoms with Gasteiger partial charge < -0.3 is 0 Å². The minimum atomic E-state index is 0.606. The average Bonchev–Trinajstić information content (AvgIpc) is 2.20. The Balaban J connectivity index is 2.62. The first kappa shape index (κ1) is 11.6. The molecule has 0 unspecified atom stereocenters. The van der Waals surface area contributed by atoms with Crippen molar-refractivity contribution in [3.63, 3.8) is 0 Å². The zero-order valence-corrected chi connectivity index (χ0v) is 9.38. The Morgan fingerprint density at radius 1 is 1.36 bits per heavy atom. The van der Waals surface area contributed by atoms with Crippen LogP contribution in [-0.2, 0) is 4.33 Å². The number of hydrogen-bond donors (Lipinski definition) is 1. The highest BCUT2D eigenvalue weighted by molar-refractivity contribution is 7.94. The molecule has 78 valence electrons. The quantitative estimate of drug-likeness (QED) is 0.453. The molecule has 1 atom stereocenters. The maximum absolute atomic E-state index is 8.25. The topological polar surface area (TPSA) is 29.5 Å². The summed E-state index contributed by atoms with van der Waals surface area (Å²) in [6, 6.07) is 8.09. The van der Waals surface area contributed by atoms with Gasteiger partial charge >= 0.3 is 0 Å². The van der Waals surface area contributed by atoms with E-state index in [9.17, 15) is 0 Å². The van der Waals surface area contributed by atoms with E-state index < -0.39 is 0 Å². The second kappa shape index (κ2) is 6.06. The first-order valence-corrected chi connectivity index (χ1v) is 5.60. The van der Waals surface area contributed by atoms with Gasteiger partial charge in [-0.25, -0.2) is 5.26 Å². The summed E-state index contributed by atoms with van der Waals surface area (Å²) in [4.78, 5) is 0.917. The van der Waals surface area contributed by atoms with Crippen molar-refractivity contribution in [3.8, 4) is 0 Å². The molecule has 0 amide bonds. The Kier molecular flexibility index (Phi) is 5.01. The van der Waals surface area contributed by atoms with E-state index in [0.29, 0.717) is 5.92 Å². The molecule has 0 aliphatic heterocycles. The van der Waals surface area contributed by atoms with Crippen molar-refractivity contribution in [1.29, 1.82) is 0 Å².